The predicted octanol–water partition coefficient (Wildman–Crippen LogP) is -0.276. The molecule has 0 spiro atoms. The molecule has 0 atom stereocenters. The average Bonchev–Trinajstić information content (AvgIpc) is 2.05. The van der Waals surface area contributed by atoms with Gasteiger partial charge < -0.3 is 9.47 Å². The summed E-state index contributed by atoms with van der Waals surface area (Å²) in [7, 11) is 1.34. The Morgan fingerprint density at radius 2 is 1.85 bits per heavy atom. The Morgan fingerprint density at radius 1 is 1.23 bits per heavy atom. The van der Waals surface area contributed by atoms with Crippen molar-refractivity contribution >= 4 is 17.5 Å². The molecule has 0 aromatic heterocycles. The van der Waals surface area contributed by atoms with Gasteiger partial charge in [-0.2, -0.15) is 0 Å². The molecule has 0 aliphatic carbocycles. The van der Waals surface area contributed by atoms with Crippen molar-refractivity contribution in [1.29, 1.82) is 0 Å². The summed E-state index contributed by atoms with van der Waals surface area (Å²) in [6.45, 7) is 1.55. The van der Waals surface area contributed by atoms with Crippen LogP contribution in [0.4, 0.5) is 0 Å². The van der Waals surface area contributed by atoms with Crippen LogP contribution < -0.4 is 0 Å². The Bertz CT molecular complexity index is 209. The molecule has 0 radical (unpaired) electrons. The number of Topliss-reactive ketones (excluding diaryl/α,β-unsaturated/α-hetero) is 2. The lowest BCUT2D eigenvalue weighted by molar-refractivity contribution is -0.154. The first-order chi connectivity index (χ1) is 6.11. The minimum Gasteiger partial charge on any atom is -0.460 e. The maximum atomic E-state index is 10.9. The zero-order valence-electron chi connectivity index (χ0n) is 7.66. The SMILES string of the molecule is CCOC(=O)C(=O)CC(=O)COC. The topological polar surface area (TPSA) is 69.7 Å². The van der Waals surface area contributed by atoms with Crippen LogP contribution >= 0.6 is 0 Å². The van der Waals surface area contributed by atoms with Gasteiger partial charge in [-0.25, -0.2) is 4.79 Å². The van der Waals surface area contributed by atoms with E-state index >= 15 is 0 Å². The van der Waals surface area contributed by atoms with Crippen LogP contribution in [-0.2, 0) is 23.9 Å². The number of carbonyl (C=O) groups is 3. The molecule has 0 rings (SSSR count). The normalized spacial score (nSPS) is 9.38. The number of carbonyl (C=O) groups excluding carboxylic acids is 3. The molecule has 0 saturated carbocycles. The Kier molecular flexibility index (Phi) is 5.71. The number of methoxy groups -OCH3 is 1. The maximum Gasteiger partial charge on any atom is 0.375 e. The van der Waals surface area contributed by atoms with Crippen molar-refractivity contribution in [2.45, 2.75) is 13.3 Å². The molecule has 13 heavy (non-hydrogen) atoms. The van der Waals surface area contributed by atoms with Crippen LogP contribution in [-0.4, -0.2) is 37.9 Å². The number of hydrogen-bond acceptors (Lipinski definition) is 5. The lowest BCUT2D eigenvalue weighted by atomic mass is 10.2. The van der Waals surface area contributed by atoms with E-state index in [4.69, 9.17) is 0 Å². The third-order valence-electron chi connectivity index (χ3n) is 1.17. The molecular weight excluding hydrogens is 176 g/mol. The van der Waals surface area contributed by atoms with Gasteiger partial charge in [0, 0.05) is 7.11 Å². The molecule has 0 unspecified atom stereocenters. The molecule has 0 heterocycles. The van der Waals surface area contributed by atoms with E-state index < -0.39 is 24.0 Å². The molecule has 0 fully saturated rings. The van der Waals surface area contributed by atoms with Crippen molar-refractivity contribution in [3.63, 3.8) is 0 Å². The van der Waals surface area contributed by atoms with Gasteiger partial charge in [0.25, 0.3) is 0 Å². The van der Waals surface area contributed by atoms with E-state index in [-0.39, 0.29) is 13.2 Å². The lowest BCUT2D eigenvalue weighted by Gasteiger charge is -1.99. The van der Waals surface area contributed by atoms with Gasteiger partial charge in [0.1, 0.15) is 6.61 Å². The van der Waals surface area contributed by atoms with Gasteiger partial charge in [0.15, 0.2) is 5.78 Å². The van der Waals surface area contributed by atoms with Crippen molar-refractivity contribution in [2.24, 2.45) is 0 Å². The minimum atomic E-state index is -0.966. The van der Waals surface area contributed by atoms with Crippen LogP contribution in [0.25, 0.3) is 0 Å². The van der Waals surface area contributed by atoms with Crippen molar-refractivity contribution in [3.8, 4) is 0 Å². The Balaban J connectivity index is 3.86. The van der Waals surface area contributed by atoms with E-state index in [9.17, 15) is 14.4 Å². The molecule has 0 aromatic carbocycles. The average molecular weight is 188 g/mol. The zero-order valence-corrected chi connectivity index (χ0v) is 7.66. The fourth-order valence-corrected chi connectivity index (χ4v) is 0.675. The van der Waals surface area contributed by atoms with Crippen molar-refractivity contribution < 1.29 is 23.9 Å². The van der Waals surface area contributed by atoms with E-state index in [1.165, 1.54) is 7.11 Å². The smallest absolute Gasteiger partial charge is 0.375 e. The first-order valence-electron chi connectivity index (χ1n) is 3.82. The summed E-state index contributed by atoms with van der Waals surface area (Å²) in [5, 5.41) is 0. The molecule has 74 valence electrons. The monoisotopic (exact) mass is 188 g/mol. The quantitative estimate of drug-likeness (QED) is 0.326. The fraction of sp³-hybridized carbons (Fsp3) is 0.625. The van der Waals surface area contributed by atoms with Crippen LogP contribution in [0.15, 0.2) is 0 Å². The van der Waals surface area contributed by atoms with Crippen LogP contribution in [0.1, 0.15) is 13.3 Å². The molecule has 0 amide bonds. The molecule has 5 heteroatoms. The zero-order chi connectivity index (χ0) is 10.3. The van der Waals surface area contributed by atoms with Crippen molar-refractivity contribution in [3.05, 3.63) is 0 Å². The summed E-state index contributed by atoms with van der Waals surface area (Å²) in [5.74, 6) is -2.23. The minimum absolute atomic E-state index is 0.128. The summed E-state index contributed by atoms with van der Waals surface area (Å²) in [6, 6.07) is 0. The summed E-state index contributed by atoms with van der Waals surface area (Å²) in [6.07, 6.45) is -0.452. The van der Waals surface area contributed by atoms with Crippen LogP contribution in [0, 0.1) is 0 Å². The van der Waals surface area contributed by atoms with Crippen LogP contribution in [0.3, 0.4) is 0 Å². The summed E-state index contributed by atoms with van der Waals surface area (Å²) < 4.78 is 8.89. The fourth-order valence-electron chi connectivity index (χ4n) is 0.675. The van der Waals surface area contributed by atoms with E-state index in [0.717, 1.165) is 0 Å². The number of rotatable bonds is 6. The van der Waals surface area contributed by atoms with Gasteiger partial charge in [-0.3, -0.25) is 9.59 Å². The Morgan fingerprint density at radius 3 is 2.31 bits per heavy atom. The molecule has 0 aliphatic heterocycles. The predicted molar refractivity (Wildman–Crippen MR) is 43.1 cm³/mol. The lowest BCUT2D eigenvalue weighted by Crippen LogP contribution is -2.22. The maximum absolute atomic E-state index is 10.9. The van der Waals surface area contributed by atoms with E-state index in [0.29, 0.717) is 0 Å². The molecule has 0 N–H and O–H groups in total. The van der Waals surface area contributed by atoms with E-state index in [2.05, 4.69) is 9.47 Å². The van der Waals surface area contributed by atoms with Gasteiger partial charge in [-0.15, -0.1) is 0 Å². The van der Waals surface area contributed by atoms with Crippen LogP contribution in [0.2, 0.25) is 0 Å². The number of ketones is 2. The van der Waals surface area contributed by atoms with Gasteiger partial charge >= 0.3 is 5.97 Å². The first kappa shape index (κ1) is 11.8. The summed E-state index contributed by atoms with van der Waals surface area (Å²) >= 11 is 0. The second kappa shape index (κ2) is 6.30. The molecule has 0 saturated heterocycles. The molecular formula is C8H12O5. The molecule has 0 aromatic rings. The largest absolute Gasteiger partial charge is 0.460 e. The van der Waals surface area contributed by atoms with Crippen LogP contribution in [0.5, 0.6) is 0 Å². The second-order valence-electron chi connectivity index (χ2n) is 2.29. The number of hydrogen-bond donors (Lipinski definition) is 0. The highest BCUT2D eigenvalue weighted by atomic mass is 16.5. The van der Waals surface area contributed by atoms with Crippen molar-refractivity contribution in [1.82, 2.24) is 0 Å². The second-order valence-corrected chi connectivity index (χ2v) is 2.29. The number of esters is 1. The molecule has 0 bridgehead atoms. The van der Waals surface area contributed by atoms with E-state index in [1.807, 2.05) is 0 Å². The van der Waals surface area contributed by atoms with Gasteiger partial charge in [0.2, 0.25) is 5.78 Å². The van der Waals surface area contributed by atoms with Gasteiger partial charge in [-0.1, -0.05) is 0 Å². The highest BCUT2D eigenvalue weighted by Gasteiger charge is 2.18. The number of ether oxygens (including phenoxy) is 2. The molecule has 0 aliphatic rings. The first-order valence-corrected chi connectivity index (χ1v) is 3.82. The highest BCUT2D eigenvalue weighted by Crippen LogP contribution is 1.90. The van der Waals surface area contributed by atoms with Gasteiger partial charge in [0.05, 0.1) is 13.0 Å². The third kappa shape index (κ3) is 5.08. The third-order valence-corrected chi connectivity index (χ3v) is 1.17. The van der Waals surface area contributed by atoms with Gasteiger partial charge in [-0.05, 0) is 6.92 Å². The Labute approximate surface area is 76.0 Å². The highest BCUT2D eigenvalue weighted by molar-refractivity contribution is 6.37. The summed E-state index contributed by atoms with van der Waals surface area (Å²) in [4.78, 5) is 32.4. The summed E-state index contributed by atoms with van der Waals surface area (Å²) in [5.41, 5.74) is 0. The Hall–Kier alpha value is -1.23. The molecule has 5 nitrogen and oxygen atoms in total. The van der Waals surface area contributed by atoms with E-state index in [1.54, 1.807) is 6.92 Å². The standard InChI is InChI=1S/C8H12O5/c1-3-13-8(11)7(10)4-6(9)5-12-2/h3-5H2,1-2H3. The van der Waals surface area contributed by atoms with Crippen molar-refractivity contribution in [2.75, 3.05) is 20.3 Å².